The van der Waals surface area contributed by atoms with Gasteiger partial charge in [0.1, 0.15) is 11.4 Å². The first-order valence-corrected chi connectivity index (χ1v) is 9.02. The van der Waals surface area contributed by atoms with Crippen molar-refractivity contribution in [2.24, 2.45) is 0 Å². The molecule has 2 aromatic carbocycles. The number of rotatable bonds is 4. The predicted octanol–water partition coefficient (Wildman–Crippen LogP) is 4.44. The zero-order valence-electron chi connectivity index (χ0n) is 16.0. The van der Waals surface area contributed by atoms with Gasteiger partial charge in [0.25, 0.3) is 5.91 Å². The molecular weight excluding hydrogens is 364 g/mol. The number of carbonyl (C=O) groups is 1. The molecule has 0 bridgehead atoms. The molecule has 1 N–H and O–H groups in total. The van der Waals surface area contributed by atoms with Crippen molar-refractivity contribution in [3.63, 3.8) is 0 Å². The number of hydrogen-bond donors (Lipinski definition) is 1. The summed E-state index contributed by atoms with van der Waals surface area (Å²) in [6.07, 6.45) is 3.92. The van der Waals surface area contributed by atoms with Gasteiger partial charge in [0, 0.05) is 23.5 Å². The van der Waals surface area contributed by atoms with Crippen molar-refractivity contribution < 1.29 is 9.53 Å². The maximum atomic E-state index is 12.6. The minimum Gasteiger partial charge on any atom is -0.495 e. The van der Waals surface area contributed by atoms with Crippen LogP contribution in [-0.2, 0) is 0 Å². The van der Waals surface area contributed by atoms with Crippen molar-refractivity contribution in [3.8, 4) is 23.1 Å². The smallest absolute Gasteiger partial charge is 0.255 e. The lowest BCUT2D eigenvalue weighted by Crippen LogP contribution is -2.12. The Hall–Kier alpha value is -4.11. The molecule has 6 nitrogen and oxygen atoms in total. The molecule has 142 valence electrons. The number of hydrogen-bond acceptors (Lipinski definition) is 4. The summed E-state index contributed by atoms with van der Waals surface area (Å²) in [5.74, 6) is 0.269. The molecule has 2 aromatic heterocycles. The van der Waals surface area contributed by atoms with Gasteiger partial charge in [-0.25, -0.2) is 4.98 Å². The zero-order valence-corrected chi connectivity index (χ0v) is 16.0. The van der Waals surface area contributed by atoms with E-state index in [1.54, 1.807) is 37.4 Å². The second kappa shape index (κ2) is 7.49. The number of amides is 1. The van der Waals surface area contributed by atoms with Gasteiger partial charge in [0.05, 0.1) is 30.1 Å². The quantitative estimate of drug-likeness (QED) is 0.566. The number of aromatic nitrogens is 2. The van der Waals surface area contributed by atoms with Gasteiger partial charge in [-0.3, -0.25) is 4.79 Å². The first kappa shape index (κ1) is 18.3. The van der Waals surface area contributed by atoms with E-state index in [9.17, 15) is 4.79 Å². The molecular formula is C23H18N4O2. The number of anilines is 1. The van der Waals surface area contributed by atoms with E-state index in [0.717, 1.165) is 22.5 Å². The number of imidazole rings is 1. The van der Waals surface area contributed by atoms with Crippen LogP contribution in [0.15, 0.2) is 67.0 Å². The van der Waals surface area contributed by atoms with Crippen LogP contribution in [0, 0.1) is 18.3 Å². The fourth-order valence-electron chi connectivity index (χ4n) is 3.08. The Morgan fingerprint density at radius 2 is 1.93 bits per heavy atom. The third-order valence-corrected chi connectivity index (χ3v) is 4.64. The van der Waals surface area contributed by atoms with Crippen molar-refractivity contribution in [2.45, 2.75) is 6.92 Å². The van der Waals surface area contributed by atoms with E-state index in [0.29, 0.717) is 22.6 Å². The number of nitrogens with one attached hydrogen (secondary N) is 1. The topological polar surface area (TPSA) is 79.4 Å². The van der Waals surface area contributed by atoms with Crippen LogP contribution >= 0.6 is 0 Å². The van der Waals surface area contributed by atoms with Gasteiger partial charge in [-0.05, 0) is 67.1 Å². The second-order valence-corrected chi connectivity index (χ2v) is 6.65. The Kier molecular flexibility index (Phi) is 4.71. The minimum absolute atomic E-state index is 0.282. The van der Waals surface area contributed by atoms with E-state index in [-0.39, 0.29) is 5.91 Å². The van der Waals surface area contributed by atoms with Gasteiger partial charge in [-0.15, -0.1) is 0 Å². The normalized spacial score (nSPS) is 10.5. The molecule has 0 aliphatic heterocycles. The Bertz CT molecular complexity index is 1250. The molecule has 0 saturated heterocycles. The molecule has 29 heavy (non-hydrogen) atoms. The highest BCUT2D eigenvalue weighted by molar-refractivity contribution is 6.05. The molecule has 0 spiro atoms. The maximum Gasteiger partial charge on any atom is 0.255 e. The first-order chi connectivity index (χ1) is 14.1. The number of ether oxygens (including phenoxy) is 1. The lowest BCUT2D eigenvalue weighted by Gasteiger charge is -2.11. The summed E-state index contributed by atoms with van der Waals surface area (Å²) in [5, 5.41) is 11.8. The van der Waals surface area contributed by atoms with Crippen molar-refractivity contribution in [2.75, 3.05) is 12.4 Å². The molecule has 0 aliphatic carbocycles. The van der Waals surface area contributed by atoms with Crippen LogP contribution in [0.5, 0.6) is 5.75 Å². The summed E-state index contributed by atoms with van der Waals surface area (Å²) in [5.41, 5.74) is 5.17. The molecule has 6 heteroatoms. The standard InChI is InChI=1S/C23H18N4O2/c1-15-9-10-27-14-20(25-22(27)11-15)18-7-8-21(29-2)19(12-18)26-23(28)17-5-3-16(13-24)4-6-17/h3-12,14H,1-2H3,(H,26,28). The molecule has 0 fully saturated rings. The van der Waals surface area contributed by atoms with Crippen LogP contribution in [0.25, 0.3) is 16.9 Å². The van der Waals surface area contributed by atoms with E-state index in [2.05, 4.69) is 10.3 Å². The monoisotopic (exact) mass is 382 g/mol. The second-order valence-electron chi connectivity index (χ2n) is 6.65. The van der Waals surface area contributed by atoms with E-state index in [1.165, 1.54) is 0 Å². The molecule has 0 saturated carbocycles. The predicted molar refractivity (Wildman–Crippen MR) is 111 cm³/mol. The zero-order chi connectivity index (χ0) is 20.4. The summed E-state index contributed by atoms with van der Waals surface area (Å²) >= 11 is 0. The summed E-state index contributed by atoms with van der Waals surface area (Å²) < 4.78 is 7.36. The Morgan fingerprint density at radius 3 is 2.66 bits per heavy atom. The first-order valence-electron chi connectivity index (χ1n) is 9.02. The largest absolute Gasteiger partial charge is 0.495 e. The maximum absolute atomic E-state index is 12.6. The van der Waals surface area contributed by atoms with Gasteiger partial charge >= 0.3 is 0 Å². The molecule has 0 atom stereocenters. The highest BCUT2D eigenvalue weighted by atomic mass is 16.5. The van der Waals surface area contributed by atoms with Crippen LogP contribution < -0.4 is 10.1 Å². The van der Waals surface area contributed by atoms with Gasteiger partial charge in [0.2, 0.25) is 0 Å². The highest BCUT2D eigenvalue weighted by Gasteiger charge is 2.13. The molecule has 0 aliphatic rings. The summed E-state index contributed by atoms with van der Waals surface area (Å²) in [4.78, 5) is 17.3. The van der Waals surface area contributed by atoms with Crippen molar-refractivity contribution in [1.82, 2.24) is 9.38 Å². The number of methoxy groups -OCH3 is 1. The van der Waals surface area contributed by atoms with Crippen LogP contribution in [0.2, 0.25) is 0 Å². The summed E-state index contributed by atoms with van der Waals surface area (Å²) in [7, 11) is 1.56. The fraction of sp³-hybridized carbons (Fsp3) is 0.0870. The van der Waals surface area contributed by atoms with Crippen molar-refractivity contribution >= 4 is 17.2 Å². The van der Waals surface area contributed by atoms with Gasteiger partial charge < -0.3 is 14.5 Å². The Morgan fingerprint density at radius 1 is 1.14 bits per heavy atom. The number of fused-ring (bicyclic) bond motifs is 1. The number of pyridine rings is 1. The van der Waals surface area contributed by atoms with Gasteiger partial charge in [0.15, 0.2) is 0 Å². The van der Waals surface area contributed by atoms with Crippen LogP contribution in [0.4, 0.5) is 5.69 Å². The van der Waals surface area contributed by atoms with Crippen molar-refractivity contribution in [3.05, 3.63) is 83.7 Å². The molecule has 4 rings (SSSR count). The fourth-order valence-corrected chi connectivity index (χ4v) is 3.08. The molecule has 0 unspecified atom stereocenters. The van der Waals surface area contributed by atoms with Crippen molar-refractivity contribution in [1.29, 1.82) is 5.26 Å². The van der Waals surface area contributed by atoms with Crippen LogP contribution in [-0.4, -0.2) is 22.4 Å². The number of nitrogens with zero attached hydrogens (tertiary/aromatic N) is 3. The van der Waals surface area contributed by atoms with Crippen LogP contribution in [0.1, 0.15) is 21.5 Å². The van der Waals surface area contributed by atoms with E-state index in [1.807, 2.05) is 54.1 Å². The summed E-state index contributed by atoms with van der Waals surface area (Å²) in [6, 6.07) is 18.1. The highest BCUT2D eigenvalue weighted by Crippen LogP contribution is 2.31. The lowest BCUT2D eigenvalue weighted by molar-refractivity contribution is 0.102. The lowest BCUT2D eigenvalue weighted by atomic mass is 10.1. The molecule has 2 heterocycles. The van der Waals surface area contributed by atoms with Gasteiger partial charge in [-0.1, -0.05) is 0 Å². The average Bonchev–Trinajstić information content (AvgIpc) is 3.17. The van der Waals surface area contributed by atoms with E-state index >= 15 is 0 Å². The molecule has 4 aromatic rings. The van der Waals surface area contributed by atoms with Gasteiger partial charge in [-0.2, -0.15) is 5.26 Å². The number of benzene rings is 2. The number of carbonyl (C=O) groups excluding carboxylic acids is 1. The Balaban J connectivity index is 1.67. The summed E-state index contributed by atoms with van der Waals surface area (Å²) in [6.45, 7) is 2.03. The average molecular weight is 382 g/mol. The number of nitriles is 1. The Labute approximate surface area is 168 Å². The van der Waals surface area contributed by atoms with E-state index in [4.69, 9.17) is 10.00 Å². The number of aryl methyl sites for hydroxylation is 1. The SMILES string of the molecule is COc1ccc(-c2cn3ccc(C)cc3n2)cc1NC(=O)c1ccc(C#N)cc1. The minimum atomic E-state index is -0.282. The third-order valence-electron chi connectivity index (χ3n) is 4.64. The molecule has 0 radical (unpaired) electrons. The molecule has 1 amide bonds. The van der Waals surface area contributed by atoms with Crippen LogP contribution in [0.3, 0.4) is 0 Å². The third kappa shape index (κ3) is 3.66. The van der Waals surface area contributed by atoms with E-state index < -0.39 is 0 Å².